The summed E-state index contributed by atoms with van der Waals surface area (Å²) in [4.78, 5) is 77.4. The van der Waals surface area contributed by atoms with Gasteiger partial charge in [-0.25, -0.2) is 4.98 Å². The first-order valence-electron chi connectivity index (χ1n) is 10.1. The van der Waals surface area contributed by atoms with Crippen LogP contribution >= 0.6 is 11.8 Å². The van der Waals surface area contributed by atoms with Crippen LogP contribution in [0.2, 0.25) is 0 Å². The maximum atomic E-state index is 12.9. The van der Waals surface area contributed by atoms with Crippen molar-refractivity contribution < 1.29 is 39.0 Å². The number of nitrogens with one attached hydrogen (secondary N) is 4. The molecule has 0 saturated heterocycles. The van der Waals surface area contributed by atoms with Gasteiger partial charge in [-0.15, -0.1) is 0 Å². The lowest BCUT2D eigenvalue weighted by Gasteiger charge is -2.24. The van der Waals surface area contributed by atoms with E-state index in [-0.39, 0.29) is 19.1 Å². The third kappa shape index (κ3) is 10.4. The van der Waals surface area contributed by atoms with E-state index in [2.05, 4.69) is 25.9 Å². The fourth-order valence-electron chi connectivity index (χ4n) is 2.77. The second kappa shape index (κ2) is 14.6. The predicted molar refractivity (Wildman–Crippen MR) is 120 cm³/mol. The van der Waals surface area contributed by atoms with Crippen molar-refractivity contribution in [2.24, 2.45) is 5.73 Å². The summed E-state index contributed by atoms with van der Waals surface area (Å²) in [5.41, 5.74) is 6.03. The first kappa shape index (κ1) is 28.6. The number of carboxylic acids is 2. The van der Waals surface area contributed by atoms with E-state index in [9.17, 15) is 28.8 Å². The SMILES string of the molecule is CSCC[C@H](NC(=O)[C@@H](N)CC(=O)O)C(=O)N[C@@H](Cc1cnc[nH]1)C(=O)N[C@H](C=O)CC(=O)O. The highest BCUT2D eigenvalue weighted by Crippen LogP contribution is 2.06. The zero-order chi connectivity index (χ0) is 25.7. The van der Waals surface area contributed by atoms with Crippen LogP contribution in [0.15, 0.2) is 12.5 Å². The van der Waals surface area contributed by atoms with Gasteiger partial charge in [0, 0.05) is 18.3 Å². The van der Waals surface area contributed by atoms with Crippen molar-refractivity contribution in [1.29, 1.82) is 0 Å². The fraction of sp³-hybridized carbons (Fsp3) is 0.526. The van der Waals surface area contributed by atoms with Crippen LogP contribution in [0, 0.1) is 0 Å². The van der Waals surface area contributed by atoms with E-state index in [4.69, 9.17) is 15.9 Å². The number of carbonyl (C=O) groups excluding carboxylic acids is 4. The van der Waals surface area contributed by atoms with Gasteiger partial charge >= 0.3 is 11.9 Å². The van der Waals surface area contributed by atoms with Crippen LogP contribution in [-0.2, 0) is 35.2 Å². The Bertz CT molecular complexity index is 865. The standard InChI is InChI=1S/C19H28N6O8S/c1-34-3-2-13(24-17(31)12(20)6-16(29)30)18(32)25-14(4-10-7-21-9-22-10)19(33)23-11(8-26)5-15(27)28/h7-9,11-14H,2-6,20H2,1H3,(H,21,22)(H,23,33)(H,24,31)(H,25,32)(H,27,28)(H,29,30)/t11-,12-,13-,14-/m0/s1. The van der Waals surface area contributed by atoms with Gasteiger partial charge in [0.2, 0.25) is 17.7 Å². The average molecular weight is 501 g/mol. The lowest BCUT2D eigenvalue weighted by Crippen LogP contribution is -2.57. The van der Waals surface area contributed by atoms with Crippen molar-refractivity contribution in [3.63, 3.8) is 0 Å². The molecule has 3 amide bonds. The molecule has 0 aromatic carbocycles. The molecular formula is C19H28N6O8S. The largest absolute Gasteiger partial charge is 0.481 e. The highest BCUT2D eigenvalue weighted by Gasteiger charge is 2.30. The highest BCUT2D eigenvalue weighted by atomic mass is 32.2. The summed E-state index contributed by atoms with van der Waals surface area (Å²) in [7, 11) is 0. The fourth-order valence-corrected chi connectivity index (χ4v) is 3.24. The first-order valence-corrected chi connectivity index (χ1v) is 11.5. The van der Waals surface area contributed by atoms with Crippen molar-refractivity contribution in [3.05, 3.63) is 18.2 Å². The maximum Gasteiger partial charge on any atom is 0.305 e. The van der Waals surface area contributed by atoms with Crippen molar-refractivity contribution in [3.8, 4) is 0 Å². The topological polar surface area (TPSA) is 234 Å². The number of aromatic amines is 1. The molecule has 0 unspecified atom stereocenters. The van der Waals surface area contributed by atoms with Gasteiger partial charge in [-0.05, 0) is 18.4 Å². The molecule has 4 atom stereocenters. The molecule has 1 rings (SSSR count). The van der Waals surface area contributed by atoms with Gasteiger partial charge in [0.05, 0.1) is 31.3 Å². The van der Waals surface area contributed by atoms with Gasteiger partial charge in [-0.2, -0.15) is 11.8 Å². The molecule has 1 aromatic heterocycles. The molecule has 34 heavy (non-hydrogen) atoms. The zero-order valence-electron chi connectivity index (χ0n) is 18.4. The predicted octanol–water partition coefficient (Wildman–Crippen LogP) is -2.36. The van der Waals surface area contributed by atoms with E-state index in [0.717, 1.165) is 0 Å². The number of nitrogens with two attached hydrogens (primary N) is 1. The molecule has 0 aliphatic carbocycles. The Morgan fingerprint density at radius 2 is 1.68 bits per heavy atom. The van der Waals surface area contributed by atoms with E-state index < -0.39 is 66.7 Å². The number of thioether (sulfide) groups is 1. The number of hydrogen-bond acceptors (Lipinski definition) is 9. The van der Waals surface area contributed by atoms with Crippen molar-refractivity contribution in [2.75, 3.05) is 12.0 Å². The number of aliphatic carboxylic acids is 2. The molecular weight excluding hydrogens is 472 g/mol. The number of carboxylic acid groups (broad SMARTS) is 2. The van der Waals surface area contributed by atoms with E-state index in [1.54, 1.807) is 6.26 Å². The normalized spacial score (nSPS) is 14.2. The first-order chi connectivity index (χ1) is 16.1. The van der Waals surface area contributed by atoms with Gasteiger partial charge in [-0.1, -0.05) is 0 Å². The van der Waals surface area contributed by atoms with E-state index in [1.165, 1.54) is 24.3 Å². The van der Waals surface area contributed by atoms with E-state index in [0.29, 0.717) is 11.4 Å². The minimum absolute atomic E-state index is 0.0715. The molecule has 0 aliphatic rings. The third-order valence-corrected chi connectivity index (χ3v) is 5.12. The number of hydrogen-bond donors (Lipinski definition) is 7. The Morgan fingerprint density at radius 3 is 2.21 bits per heavy atom. The highest BCUT2D eigenvalue weighted by molar-refractivity contribution is 7.98. The van der Waals surface area contributed by atoms with Crippen molar-refractivity contribution in [2.45, 2.75) is 49.9 Å². The van der Waals surface area contributed by atoms with Crippen LogP contribution in [0.1, 0.15) is 25.0 Å². The Morgan fingerprint density at radius 1 is 1.06 bits per heavy atom. The van der Waals surface area contributed by atoms with Gasteiger partial charge in [-0.3, -0.25) is 24.0 Å². The summed E-state index contributed by atoms with van der Waals surface area (Å²) >= 11 is 1.40. The van der Waals surface area contributed by atoms with Crippen LogP contribution in [0.3, 0.4) is 0 Å². The molecule has 14 nitrogen and oxygen atoms in total. The molecule has 15 heteroatoms. The molecule has 0 bridgehead atoms. The number of amides is 3. The number of aromatic nitrogens is 2. The van der Waals surface area contributed by atoms with Gasteiger partial charge < -0.3 is 41.7 Å². The minimum atomic E-state index is -1.38. The number of aldehydes is 1. The Labute approximate surface area is 198 Å². The Balaban J connectivity index is 3.00. The monoisotopic (exact) mass is 500 g/mol. The third-order valence-electron chi connectivity index (χ3n) is 4.47. The number of nitrogens with zero attached hydrogens (tertiary/aromatic N) is 1. The zero-order valence-corrected chi connectivity index (χ0v) is 19.2. The quantitative estimate of drug-likeness (QED) is 0.118. The number of carbonyl (C=O) groups is 6. The smallest absolute Gasteiger partial charge is 0.305 e. The molecule has 0 fully saturated rings. The summed E-state index contributed by atoms with van der Waals surface area (Å²) in [5.74, 6) is -4.54. The summed E-state index contributed by atoms with van der Waals surface area (Å²) < 4.78 is 0. The van der Waals surface area contributed by atoms with Crippen LogP contribution in [-0.4, -0.2) is 92.3 Å². The van der Waals surface area contributed by atoms with Crippen molar-refractivity contribution >= 4 is 47.7 Å². The number of imidazole rings is 1. The van der Waals surface area contributed by atoms with Gasteiger partial charge in [0.25, 0.3) is 0 Å². The minimum Gasteiger partial charge on any atom is -0.481 e. The molecule has 1 heterocycles. The van der Waals surface area contributed by atoms with Crippen LogP contribution in [0.5, 0.6) is 0 Å². The Kier molecular flexibility index (Phi) is 12.3. The molecule has 0 radical (unpaired) electrons. The van der Waals surface area contributed by atoms with E-state index in [1.807, 2.05) is 0 Å². The summed E-state index contributed by atoms with van der Waals surface area (Å²) in [5, 5.41) is 24.8. The number of H-pyrrole nitrogens is 1. The lowest BCUT2D eigenvalue weighted by atomic mass is 10.1. The molecule has 188 valence electrons. The molecule has 0 aliphatic heterocycles. The van der Waals surface area contributed by atoms with Crippen LogP contribution < -0.4 is 21.7 Å². The summed E-state index contributed by atoms with van der Waals surface area (Å²) in [6.07, 6.45) is 3.63. The summed E-state index contributed by atoms with van der Waals surface area (Å²) in [6.45, 7) is 0. The second-order valence-corrected chi connectivity index (χ2v) is 8.22. The van der Waals surface area contributed by atoms with Crippen LogP contribution in [0.4, 0.5) is 0 Å². The summed E-state index contributed by atoms with van der Waals surface area (Å²) in [6, 6.07) is -5.06. The molecule has 0 saturated carbocycles. The van der Waals surface area contributed by atoms with E-state index >= 15 is 0 Å². The second-order valence-electron chi connectivity index (χ2n) is 7.24. The lowest BCUT2D eigenvalue weighted by molar-refractivity contribution is -0.140. The Hall–Kier alpha value is -3.46. The average Bonchev–Trinajstić information content (AvgIpc) is 3.27. The van der Waals surface area contributed by atoms with Crippen LogP contribution in [0.25, 0.3) is 0 Å². The maximum absolute atomic E-state index is 12.9. The molecule has 1 aromatic rings. The molecule has 0 spiro atoms. The molecule has 8 N–H and O–H groups in total. The van der Waals surface area contributed by atoms with Gasteiger partial charge in [0.1, 0.15) is 18.4 Å². The number of rotatable bonds is 16. The van der Waals surface area contributed by atoms with Crippen molar-refractivity contribution in [1.82, 2.24) is 25.9 Å². The van der Waals surface area contributed by atoms with Gasteiger partial charge in [0.15, 0.2) is 0 Å².